The highest BCUT2D eigenvalue weighted by molar-refractivity contribution is 5.80. The number of benzene rings is 1. The van der Waals surface area contributed by atoms with E-state index in [9.17, 15) is 9.59 Å². The minimum atomic E-state index is -0.521. The van der Waals surface area contributed by atoms with E-state index in [0.717, 1.165) is 17.5 Å². The summed E-state index contributed by atoms with van der Waals surface area (Å²) < 4.78 is 10.7. The molecule has 0 saturated carbocycles. The highest BCUT2D eigenvalue weighted by atomic mass is 16.6. The molecule has 1 saturated heterocycles. The van der Waals surface area contributed by atoms with Gasteiger partial charge in [-0.1, -0.05) is 24.8 Å². The summed E-state index contributed by atoms with van der Waals surface area (Å²) in [5.74, 6) is 0.574. The summed E-state index contributed by atoms with van der Waals surface area (Å²) in [6.45, 7) is 10.3. The van der Waals surface area contributed by atoms with Gasteiger partial charge in [-0.05, 0) is 38.8 Å². The van der Waals surface area contributed by atoms with Gasteiger partial charge in [0, 0.05) is 24.7 Å². The molecule has 1 aromatic carbocycles. The average Bonchev–Trinajstić information content (AvgIpc) is 3.02. The van der Waals surface area contributed by atoms with Crippen molar-refractivity contribution in [1.82, 2.24) is 10.2 Å². The lowest BCUT2D eigenvalue weighted by atomic mass is 10.1. The predicted molar refractivity (Wildman–Crippen MR) is 101 cm³/mol. The summed E-state index contributed by atoms with van der Waals surface area (Å²) >= 11 is 0. The minimum Gasteiger partial charge on any atom is -0.496 e. The second kappa shape index (κ2) is 8.25. The van der Waals surface area contributed by atoms with Crippen LogP contribution >= 0.6 is 0 Å². The van der Waals surface area contributed by atoms with Crippen molar-refractivity contribution in [3.05, 3.63) is 35.9 Å². The number of carbonyl (C=O) groups excluding carboxylic acids is 2. The summed E-state index contributed by atoms with van der Waals surface area (Å²) in [4.78, 5) is 26.1. The number of hydrogen-bond donors (Lipinski definition) is 1. The molecule has 1 unspecified atom stereocenters. The lowest BCUT2D eigenvalue weighted by Gasteiger charge is -2.24. The first-order chi connectivity index (χ1) is 12.2. The summed E-state index contributed by atoms with van der Waals surface area (Å²) in [5, 5.41) is 2.99. The van der Waals surface area contributed by atoms with Crippen LogP contribution in [0.25, 0.3) is 6.08 Å². The molecule has 26 heavy (non-hydrogen) atoms. The van der Waals surface area contributed by atoms with Gasteiger partial charge in [-0.25, -0.2) is 4.79 Å². The Kier molecular flexibility index (Phi) is 6.29. The summed E-state index contributed by atoms with van der Waals surface area (Å²) in [6, 6.07) is 5.57. The third-order valence-electron chi connectivity index (χ3n) is 4.10. The first kappa shape index (κ1) is 19.8. The van der Waals surface area contributed by atoms with Crippen molar-refractivity contribution < 1.29 is 19.1 Å². The molecule has 1 atom stereocenters. The summed E-state index contributed by atoms with van der Waals surface area (Å²) in [7, 11) is 1.58. The first-order valence-electron chi connectivity index (χ1n) is 8.78. The van der Waals surface area contributed by atoms with Crippen LogP contribution in [0.3, 0.4) is 0 Å². The molecule has 6 heteroatoms. The van der Waals surface area contributed by atoms with Gasteiger partial charge >= 0.3 is 6.09 Å². The molecule has 0 bridgehead atoms. The molecule has 1 heterocycles. The van der Waals surface area contributed by atoms with Crippen molar-refractivity contribution in [1.29, 1.82) is 0 Å². The predicted octanol–water partition coefficient (Wildman–Crippen LogP) is 3.01. The molecular weight excluding hydrogens is 332 g/mol. The van der Waals surface area contributed by atoms with E-state index in [2.05, 4.69) is 11.9 Å². The Labute approximate surface area is 155 Å². The average molecular weight is 360 g/mol. The van der Waals surface area contributed by atoms with Crippen LogP contribution in [-0.2, 0) is 16.0 Å². The van der Waals surface area contributed by atoms with E-state index in [0.29, 0.717) is 18.8 Å². The SMILES string of the molecule is C=Cc1ccc(CC(=O)NC2CCN(C(=O)OC(C)(C)C)C2)c(OC)c1. The van der Waals surface area contributed by atoms with Gasteiger partial charge in [0.25, 0.3) is 0 Å². The number of methoxy groups -OCH3 is 1. The van der Waals surface area contributed by atoms with Gasteiger partial charge in [0.15, 0.2) is 0 Å². The Morgan fingerprint density at radius 3 is 2.73 bits per heavy atom. The standard InChI is InChI=1S/C20H28N2O4/c1-6-14-7-8-15(17(11-14)25-5)12-18(23)21-16-9-10-22(13-16)19(24)26-20(2,3)4/h6-8,11,16H,1,9-10,12-13H2,2-5H3,(H,21,23). The lowest BCUT2D eigenvalue weighted by molar-refractivity contribution is -0.121. The van der Waals surface area contributed by atoms with E-state index >= 15 is 0 Å². The molecule has 1 N–H and O–H groups in total. The number of nitrogens with one attached hydrogen (secondary N) is 1. The van der Waals surface area contributed by atoms with Gasteiger partial charge in [-0.3, -0.25) is 4.79 Å². The van der Waals surface area contributed by atoms with Gasteiger partial charge in [-0.15, -0.1) is 0 Å². The zero-order valence-electron chi connectivity index (χ0n) is 16.0. The van der Waals surface area contributed by atoms with Crippen LogP contribution in [0.2, 0.25) is 0 Å². The summed E-state index contributed by atoms with van der Waals surface area (Å²) in [6.07, 6.45) is 2.34. The van der Waals surface area contributed by atoms with Crippen LogP contribution in [0.15, 0.2) is 24.8 Å². The number of rotatable bonds is 5. The van der Waals surface area contributed by atoms with Gasteiger partial charge in [0.2, 0.25) is 5.91 Å². The van der Waals surface area contributed by atoms with Crippen molar-refractivity contribution >= 4 is 18.1 Å². The Morgan fingerprint density at radius 1 is 1.38 bits per heavy atom. The van der Waals surface area contributed by atoms with E-state index < -0.39 is 5.60 Å². The molecule has 0 radical (unpaired) electrons. The maximum Gasteiger partial charge on any atom is 0.410 e. The molecule has 0 aliphatic carbocycles. The number of amides is 2. The molecular formula is C20H28N2O4. The van der Waals surface area contributed by atoms with Gasteiger partial charge in [-0.2, -0.15) is 0 Å². The zero-order valence-corrected chi connectivity index (χ0v) is 16.0. The zero-order chi connectivity index (χ0) is 19.3. The normalized spacial score (nSPS) is 16.9. The third kappa shape index (κ3) is 5.51. The number of ether oxygens (including phenoxy) is 2. The van der Waals surface area contributed by atoms with Crippen LogP contribution < -0.4 is 10.1 Å². The van der Waals surface area contributed by atoms with E-state index in [1.165, 1.54) is 0 Å². The largest absolute Gasteiger partial charge is 0.496 e. The number of likely N-dealkylation sites (tertiary alicyclic amines) is 1. The van der Waals surface area contributed by atoms with Crippen molar-refractivity contribution in [2.24, 2.45) is 0 Å². The second-order valence-corrected chi connectivity index (χ2v) is 7.43. The first-order valence-corrected chi connectivity index (χ1v) is 8.78. The van der Waals surface area contributed by atoms with Gasteiger partial charge < -0.3 is 19.7 Å². The topological polar surface area (TPSA) is 67.9 Å². The molecule has 6 nitrogen and oxygen atoms in total. The highest BCUT2D eigenvalue weighted by Crippen LogP contribution is 2.22. The van der Waals surface area contributed by atoms with Crippen molar-refractivity contribution in [3.63, 3.8) is 0 Å². The molecule has 0 spiro atoms. The van der Waals surface area contributed by atoms with Crippen LogP contribution in [0, 0.1) is 0 Å². The fourth-order valence-electron chi connectivity index (χ4n) is 2.86. The highest BCUT2D eigenvalue weighted by Gasteiger charge is 2.30. The van der Waals surface area contributed by atoms with E-state index in [1.54, 1.807) is 18.1 Å². The fraction of sp³-hybridized carbons (Fsp3) is 0.500. The van der Waals surface area contributed by atoms with E-state index in [4.69, 9.17) is 9.47 Å². The Morgan fingerprint density at radius 2 is 2.12 bits per heavy atom. The quantitative estimate of drug-likeness (QED) is 0.876. The number of carbonyl (C=O) groups is 2. The van der Waals surface area contributed by atoms with Gasteiger partial charge in [0.05, 0.1) is 13.5 Å². The monoisotopic (exact) mass is 360 g/mol. The number of nitrogens with zero attached hydrogens (tertiary/aromatic N) is 1. The van der Waals surface area contributed by atoms with Gasteiger partial charge in [0.1, 0.15) is 11.4 Å². The van der Waals surface area contributed by atoms with Crippen LogP contribution in [0.4, 0.5) is 4.79 Å². The van der Waals surface area contributed by atoms with Crippen molar-refractivity contribution in [3.8, 4) is 5.75 Å². The van der Waals surface area contributed by atoms with Crippen LogP contribution in [-0.4, -0.2) is 48.7 Å². The molecule has 142 valence electrons. The molecule has 2 rings (SSSR count). The Hall–Kier alpha value is -2.50. The minimum absolute atomic E-state index is 0.0616. The maximum absolute atomic E-state index is 12.4. The molecule has 0 aromatic heterocycles. The lowest BCUT2D eigenvalue weighted by Crippen LogP contribution is -2.40. The number of hydrogen-bond acceptors (Lipinski definition) is 4. The smallest absolute Gasteiger partial charge is 0.410 e. The third-order valence-corrected chi connectivity index (χ3v) is 4.10. The van der Waals surface area contributed by atoms with Crippen molar-refractivity contribution in [2.45, 2.75) is 45.3 Å². The molecule has 1 aliphatic rings. The molecule has 1 fully saturated rings. The van der Waals surface area contributed by atoms with E-state index in [1.807, 2.05) is 39.0 Å². The van der Waals surface area contributed by atoms with Crippen molar-refractivity contribution in [2.75, 3.05) is 20.2 Å². The Balaban J connectivity index is 1.89. The summed E-state index contributed by atoms with van der Waals surface area (Å²) in [5.41, 5.74) is 1.24. The Bertz CT molecular complexity index is 679. The fourth-order valence-corrected chi connectivity index (χ4v) is 2.86. The van der Waals surface area contributed by atoms with Crippen LogP contribution in [0.5, 0.6) is 5.75 Å². The second-order valence-electron chi connectivity index (χ2n) is 7.43. The molecule has 2 amide bonds. The maximum atomic E-state index is 12.4. The molecule has 1 aromatic rings. The molecule has 1 aliphatic heterocycles. The van der Waals surface area contributed by atoms with E-state index in [-0.39, 0.29) is 24.5 Å². The van der Waals surface area contributed by atoms with Crippen LogP contribution in [0.1, 0.15) is 38.3 Å².